The first-order chi connectivity index (χ1) is 17.4. The highest BCUT2D eigenvalue weighted by atomic mass is 35.5. The molecule has 0 aliphatic heterocycles. The summed E-state index contributed by atoms with van der Waals surface area (Å²) in [6, 6.07) is 24.3. The molecule has 0 heterocycles. The molecule has 0 fully saturated rings. The van der Waals surface area contributed by atoms with Crippen LogP contribution in [-0.2, 0) is 28.3 Å². The fourth-order valence-electron chi connectivity index (χ4n) is 3.81. The highest BCUT2D eigenvalue weighted by Crippen LogP contribution is 2.22. The van der Waals surface area contributed by atoms with E-state index in [4.69, 9.17) is 16.3 Å². The molecular weight excluding hydrogens is 492 g/mol. The number of rotatable bonds is 12. The Kier molecular flexibility index (Phi) is 10.7. The number of carbonyl (C=O) groups is 2. The summed E-state index contributed by atoms with van der Waals surface area (Å²) in [5, 5.41) is 3.58. The van der Waals surface area contributed by atoms with Crippen molar-refractivity contribution >= 4 is 35.2 Å². The zero-order valence-electron chi connectivity index (χ0n) is 20.9. The van der Waals surface area contributed by atoms with E-state index in [2.05, 4.69) is 5.32 Å². The minimum absolute atomic E-state index is 0.0440. The highest BCUT2D eigenvalue weighted by Gasteiger charge is 2.31. The van der Waals surface area contributed by atoms with Crippen LogP contribution in [0.25, 0.3) is 0 Å². The Bertz CT molecular complexity index is 1120. The second-order valence-corrected chi connectivity index (χ2v) is 10.2. The van der Waals surface area contributed by atoms with Gasteiger partial charge in [0.25, 0.3) is 0 Å². The molecule has 1 unspecified atom stereocenters. The minimum atomic E-state index is -0.667. The van der Waals surface area contributed by atoms with Crippen LogP contribution in [-0.4, -0.2) is 41.7 Å². The van der Waals surface area contributed by atoms with Crippen LogP contribution in [0, 0.1) is 0 Å². The third-order valence-corrected chi connectivity index (χ3v) is 7.01. The van der Waals surface area contributed by atoms with E-state index in [1.54, 1.807) is 18.1 Å². The predicted molar refractivity (Wildman–Crippen MR) is 148 cm³/mol. The predicted octanol–water partition coefficient (Wildman–Crippen LogP) is 5.75. The SMILES string of the molecule is COc1ccc(CSCC(=O)N(Cc2ccccc2Cl)C(Cc2ccccc2)C(=O)NC(C)C)cc1. The van der Waals surface area contributed by atoms with Crippen molar-refractivity contribution < 1.29 is 14.3 Å². The first kappa shape index (κ1) is 27.6. The van der Waals surface area contributed by atoms with Crippen molar-refractivity contribution in [3.8, 4) is 5.75 Å². The third-order valence-electron chi connectivity index (χ3n) is 5.65. The first-order valence-corrected chi connectivity index (χ1v) is 13.5. The van der Waals surface area contributed by atoms with Gasteiger partial charge in [0.05, 0.1) is 12.9 Å². The lowest BCUT2D eigenvalue weighted by Gasteiger charge is -2.32. The summed E-state index contributed by atoms with van der Waals surface area (Å²) >= 11 is 7.98. The van der Waals surface area contributed by atoms with Crippen LogP contribution in [0.3, 0.4) is 0 Å². The van der Waals surface area contributed by atoms with Crippen molar-refractivity contribution in [2.24, 2.45) is 0 Å². The number of carbonyl (C=O) groups excluding carboxylic acids is 2. The van der Waals surface area contributed by atoms with Crippen molar-refractivity contribution in [1.82, 2.24) is 10.2 Å². The summed E-state index contributed by atoms with van der Waals surface area (Å²) in [5.74, 6) is 1.45. The fraction of sp³-hybridized carbons (Fsp3) is 0.310. The van der Waals surface area contributed by atoms with Gasteiger partial charge in [-0.15, -0.1) is 11.8 Å². The number of hydrogen-bond acceptors (Lipinski definition) is 4. The van der Waals surface area contributed by atoms with E-state index in [0.717, 1.165) is 22.4 Å². The molecule has 0 bridgehead atoms. The number of ether oxygens (including phenoxy) is 1. The summed E-state index contributed by atoms with van der Waals surface area (Å²) in [6.07, 6.45) is 0.415. The maximum absolute atomic E-state index is 13.6. The van der Waals surface area contributed by atoms with Gasteiger partial charge in [-0.3, -0.25) is 9.59 Å². The van der Waals surface area contributed by atoms with Gasteiger partial charge in [-0.25, -0.2) is 0 Å². The van der Waals surface area contributed by atoms with Crippen molar-refractivity contribution in [1.29, 1.82) is 0 Å². The lowest BCUT2D eigenvalue weighted by molar-refractivity contribution is -0.139. The van der Waals surface area contributed by atoms with Gasteiger partial charge in [-0.1, -0.05) is 72.3 Å². The smallest absolute Gasteiger partial charge is 0.243 e. The number of amides is 2. The Morgan fingerprint density at radius 3 is 2.25 bits per heavy atom. The number of hydrogen-bond donors (Lipinski definition) is 1. The second kappa shape index (κ2) is 14.0. The number of benzene rings is 3. The van der Waals surface area contributed by atoms with Crippen LogP contribution in [0.15, 0.2) is 78.9 Å². The van der Waals surface area contributed by atoms with Crippen LogP contribution in [0.4, 0.5) is 0 Å². The van der Waals surface area contributed by atoms with Crippen LogP contribution in [0.2, 0.25) is 5.02 Å². The fourth-order valence-corrected chi connectivity index (χ4v) is 4.87. The zero-order chi connectivity index (χ0) is 25.9. The average Bonchev–Trinajstić information content (AvgIpc) is 2.87. The van der Waals surface area contributed by atoms with Gasteiger partial charge in [-0.05, 0) is 48.7 Å². The molecule has 190 valence electrons. The molecule has 3 aromatic carbocycles. The van der Waals surface area contributed by atoms with E-state index >= 15 is 0 Å². The van der Waals surface area contributed by atoms with Gasteiger partial charge >= 0.3 is 0 Å². The number of nitrogens with zero attached hydrogens (tertiary/aromatic N) is 1. The van der Waals surface area contributed by atoms with E-state index in [0.29, 0.717) is 17.2 Å². The Morgan fingerprint density at radius 1 is 0.944 bits per heavy atom. The highest BCUT2D eigenvalue weighted by molar-refractivity contribution is 7.99. The number of halogens is 1. The van der Waals surface area contributed by atoms with Gasteiger partial charge in [-0.2, -0.15) is 0 Å². The molecule has 5 nitrogen and oxygen atoms in total. The third kappa shape index (κ3) is 8.32. The molecule has 0 saturated heterocycles. The summed E-state index contributed by atoms with van der Waals surface area (Å²) in [7, 11) is 1.64. The van der Waals surface area contributed by atoms with Crippen molar-refractivity contribution in [3.63, 3.8) is 0 Å². The van der Waals surface area contributed by atoms with Crippen molar-refractivity contribution in [2.75, 3.05) is 12.9 Å². The summed E-state index contributed by atoms with van der Waals surface area (Å²) < 4.78 is 5.22. The monoisotopic (exact) mass is 524 g/mol. The van der Waals surface area contributed by atoms with E-state index < -0.39 is 6.04 Å². The molecule has 3 aromatic rings. The minimum Gasteiger partial charge on any atom is -0.497 e. The Balaban J connectivity index is 1.83. The number of nitrogens with one attached hydrogen (secondary N) is 1. The molecule has 1 atom stereocenters. The van der Waals surface area contributed by atoms with Crippen molar-refractivity contribution in [3.05, 3.63) is 101 Å². The van der Waals surface area contributed by atoms with E-state index in [1.165, 1.54) is 11.8 Å². The summed E-state index contributed by atoms with van der Waals surface area (Å²) in [5.41, 5.74) is 2.90. The van der Waals surface area contributed by atoms with Gasteiger partial charge in [0.2, 0.25) is 11.8 Å². The van der Waals surface area contributed by atoms with Crippen LogP contribution >= 0.6 is 23.4 Å². The molecule has 0 saturated carbocycles. The molecule has 1 N–H and O–H groups in total. The van der Waals surface area contributed by atoms with Gasteiger partial charge in [0.1, 0.15) is 11.8 Å². The number of thioether (sulfide) groups is 1. The summed E-state index contributed by atoms with van der Waals surface area (Å²) in [4.78, 5) is 28.7. The second-order valence-electron chi connectivity index (χ2n) is 8.82. The lowest BCUT2D eigenvalue weighted by atomic mass is 10.0. The van der Waals surface area contributed by atoms with Crippen LogP contribution in [0.5, 0.6) is 5.75 Å². The van der Waals surface area contributed by atoms with E-state index in [-0.39, 0.29) is 30.2 Å². The molecular formula is C29H33ClN2O3S. The topological polar surface area (TPSA) is 58.6 Å². The Labute approximate surface area is 223 Å². The molecule has 7 heteroatoms. The Morgan fingerprint density at radius 2 is 1.61 bits per heavy atom. The first-order valence-electron chi connectivity index (χ1n) is 11.9. The largest absolute Gasteiger partial charge is 0.497 e. The molecule has 0 aliphatic rings. The van der Waals surface area contributed by atoms with Crippen molar-refractivity contribution in [2.45, 2.75) is 44.6 Å². The lowest BCUT2D eigenvalue weighted by Crippen LogP contribution is -2.52. The van der Waals surface area contributed by atoms with E-state index in [9.17, 15) is 9.59 Å². The molecule has 0 spiro atoms. The normalized spacial score (nSPS) is 11.7. The van der Waals surface area contributed by atoms with Gasteiger partial charge < -0.3 is 15.0 Å². The average molecular weight is 525 g/mol. The zero-order valence-corrected chi connectivity index (χ0v) is 22.5. The molecule has 0 aliphatic carbocycles. The van der Waals surface area contributed by atoms with Crippen LogP contribution in [0.1, 0.15) is 30.5 Å². The van der Waals surface area contributed by atoms with Crippen LogP contribution < -0.4 is 10.1 Å². The maximum atomic E-state index is 13.6. The molecule has 0 radical (unpaired) electrons. The molecule has 2 amide bonds. The molecule has 0 aromatic heterocycles. The van der Waals surface area contributed by atoms with Gasteiger partial charge in [0.15, 0.2) is 0 Å². The quantitative estimate of drug-likeness (QED) is 0.328. The standard InChI is InChI=1S/C29H33ClN2O3S/c1-21(2)31-29(34)27(17-22-9-5-4-6-10-22)32(18-24-11-7-8-12-26(24)30)28(33)20-36-19-23-13-15-25(35-3)16-14-23/h4-16,21,27H,17-20H2,1-3H3,(H,31,34). The maximum Gasteiger partial charge on any atom is 0.243 e. The van der Waals surface area contributed by atoms with E-state index in [1.807, 2.05) is 86.6 Å². The molecule has 36 heavy (non-hydrogen) atoms. The summed E-state index contributed by atoms with van der Waals surface area (Å²) in [6.45, 7) is 4.09. The number of methoxy groups -OCH3 is 1. The van der Waals surface area contributed by atoms with Gasteiger partial charge in [0, 0.05) is 29.8 Å². The molecule has 3 rings (SSSR count). The Hall–Kier alpha value is -2.96.